The average molecular weight is 434 g/mol. The summed E-state index contributed by atoms with van der Waals surface area (Å²) in [5, 5.41) is 4.82. The van der Waals surface area contributed by atoms with E-state index in [1.807, 2.05) is 35.2 Å². The molecule has 32 heavy (non-hydrogen) atoms. The number of aromatic nitrogens is 3. The topological polar surface area (TPSA) is 80.0 Å². The fraction of sp³-hybridized carbons (Fsp3) is 0.417. The van der Waals surface area contributed by atoms with Crippen LogP contribution in [0.5, 0.6) is 5.75 Å². The van der Waals surface area contributed by atoms with Crippen LogP contribution in [0.25, 0.3) is 16.9 Å². The maximum atomic E-state index is 13.4. The first-order chi connectivity index (χ1) is 15.4. The molecule has 0 bridgehead atoms. The van der Waals surface area contributed by atoms with Gasteiger partial charge < -0.3 is 14.5 Å². The lowest BCUT2D eigenvalue weighted by atomic mass is 10.0. The number of benzene rings is 1. The van der Waals surface area contributed by atoms with E-state index in [1.165, 1.54) is 0 Å². The molecule has 1 amide bonds. The highest BCUT2D eigenvalue weighted by atomic mass is 16.5. The quantitative estimate of drug-likeness (QED) is 0.575. The second-order valence-electron chi connectivity index (χ2n) is 8.77. The highest BCUT2D eigenvalue weighted by Crippen LogP contribution is 2.49. The summed E-state index contributed by atoms with van der Waals surface area (Å²) in [6.07, 6.45) is 1.51. The van der Waals surface area contributed by atoms with Gasteiger partial charge in [0.15, 0.2) is 23.0 Å². The Hall–Kier alpha value is -3.26. The molecule has 0 unspecified atom stereocenters. The lowest BCUT2D eigenvalue weighted by molar-refractivity contribution is -0.135. The van der Waals surface area contributed by atoms with Gasteiger partial charge in [-0.2, -0.15) is 0 Å². The summed E-state index contributed by atoms with van der Waals surface area (Å²) >= 11 is 0. The van der Waals surface area contributed by atoms with Crippen LogP contribution in [-0.4, -0.2) is 76.4 Å². The highest BCUT2D eigenvalue weighted by molar-refractivity contribution is 5.95. The number of ether oxygens (including phenoxy) is 1. The maximum absolute atomic E-state index is 13.4. The molecule has 2 aromatic heterocycles. The molecule has 166 valence electrons. The number of methoxy groups -OCH3 is 1. The molecule has 1 aromatic carbocycles. The Morgan fingerprint density at radius 3 is 2.47 bits per heavy atom. The number of nitrogens with zero attached hydrogens (tertiary/aromatic N) is 5. The van der Waals surface area contributed by atoms with Crippen LogP contribution in [0.2, 0.25) is 0 Å². The summed E-state index contributed by atoms with van der Waals surface area (Å²) in [4.78, 5) is 34.3. The second-order valence-corrected chi connectivity index (χ2v) is 8.77. The number of carbonyl (C=O) groups is 2. The van der Waals surface area contributed by atoms with Gasteiger partial charge in [-0.3, -0.25) is 9.59 Å². The van der Waals surface area contributed by atoms with Crippen molar-refractivity contribution in [3.8, 4) is 17.0 Å². The summed E-state index contributed by atoms with van der Waals surface area (Å²) in [5.41, 5.74) is 2.22. The van der Waals surface area contributed by atoms with Crippen molar-refractivity contribution in [2.24, 2.45) is 0 Å². The van der Waals surface area contributed by atoms with E-state index in [1.54, 1.807) is 24.6 Å². The molecule has 2 fully saturated rings. The number of hydrogen-bond donors (Lipinski definition) is 0. The van der Waals surface area contributed by atoms with Gasteiger partial charge in [-0.05, 0) is 45.0 Å². The third kappa shape index (κ3) is 3.35. The predicted octanol–water partition coefficient (Wildman–Crippen LogP) is 2.41. The summed E-state index contributed by atoms with van der Waals surface area (Å²) < 4.78 is 7.28. The summed E-state index contributed by atoms with van der Waals surface area (Å²) in [5.74, 6) is 1.28. The molecular weight excluding hydrogens is 406 g/mol. The van der Waals surface area contributed by atoms with Crippen molar-refractivity contribution in [1.82, 2.24) is 24.4 Å². The van der Waals surface area contributed by atoms with Crippen LogP contribution in [-0.2, 0) is 10.2 Å². The molecular formula is C24H27N5O3. The van der Waals surface area contributed by atoms with Crippen LogP contribution in [0.15, 0.2) is 36.4 Å². The summed E-state index contributed by atoms with van der Waals surface area (Å²) in [7, 11) is 3.68. The third-order valence-electron chi connectivity index (χ3n) is 6.61. The molecule has 0 radical (unpaired) electrons. The minimum atomic E-state index is -0.647. The van der Waals surface area contributed by atoms with Crippen molar-refractivity contribution < 1.29 is 14.3 Å². The molecule has 0 N–H and O–H groups in total. The molecule has 8 nitrogen and oxygen atoms in total. The molecule has 0 atom stereocenters. The third-order valence-corrected chi connectivity index (χ3v) is 6.61. The molecule has 5 rings (SSSR count). The van der Waals surface area contributed by atoms with Gasteiger partial charge in [0.1, 0.15) is 5.41 Å². The van der Waals surface area contributed by atoms with Gasteiger partial charge in [0, 0.05) is 37.3 Å². The van der Waals surface area contributed by atoms with Crippen LogP contribution < -0.4 is 4.74 Å². The van der Waals surface area contributed by atoms with Gasteiger partial charge in [-0.15, -0.1) is 5.10 Å². The van der Waals surface area contributed by atoms with E-state index in [0.717, 1.165) is 50.3 Å². The van der Waals surface area contributed by atoms with Crippen LogP contribution in [0, 0.1) is 0 Å². The largest absolute Gasteiger partial charge is 0.493 e. The Morgan fingerprint density at radius 2 is 1.81 bits per heavy atom. The normalized spacial score (nSPS) is 18.0. The Morgan fingerprint density at radius 1 is 1.06 bits per heavy atom. The van der Waals surface area contributed by atoms with Crippen molar-refractivity contribution in [1.29, 1.82) is 0 Å². The molecule has 3 heterocycles. The van der Waals surface area contributed by atoms with Crippen molar-refractivity contribution in [3.05, 3.63) is 47.8 Å². The van der Waals surface area contributed by atoms with Crippen molar-refractivity contribution >= 4 is 17.3 Å². The molecule has 1 aliphatic heterocycles. The SMILES string of the molecule is COc1ccc(-c2cccc(C(C)=O)c2)n2nc(C3(C(=O)N4CCN(C)CC4)CC3)nc12. The number of rotatable bonds is 5. The first-order valence-electron chi connectivity index (χ1n) is 11.0. The number of fused-ring (bicyclic) bond motifs is 1. The second kappa shape index (κ2) is 7.70. The number of ketones is 1. The Bertz CT molecular complexity index is 1210. The van der Waals surface area contributed by atoms with E-state index in [4.69, 9.17) is 14.8 Å². The molecule has 2 aliphatic rings. The number of piperazine rings is 1. The van der Waals surface area contributed by atoms with Crippen molar-refractivity contribution in [3.63, 3.8) is 0 Å². The van der Waals surface area contributed by atoms with E-state index in [9.17, 15) is 9.59 Å². The van der Waals surface area contributed by atoms with Crippen molar-refractivity contribution in [2.45, 2.75) is 25.2 Å². The Labute approximate surface area is 186 Å². The Kier molecular flexibility index (Phi) is 4.97. The molecule has 1 saturated heterocycles. The van der Waals surface area contributed by atoms with Gasteiger partial charge in [-0.1, -0.05) is 18.2 Å². The smallest absolute Gasteiger partial charge is 0.236 e. The van der Waals surface area contributed by atoms with E-state index in [2.05, 4.69) is 11.9 Å². The molecule has 3 aromatic rings. The van der Waals surface area contributed by atoms with Crippen molar-refractivity contribution in [2.75, 3.05) is 40.3 Å². The summed E-state index contributed by atoms with van der Waals surface area (Å²) in [6, 6.07) is 11.2. The number of carbonyl (C=O) groups excluding carboxylic acids is 2. The number of likely N-dealkylation sites (N-methyl/N-ethyl adjacent to an activating group) is 1. The minimum absolute atomic E-state index is 0.00518. The monoisotopic (exact) mass is 433 g/mol. The first-order valence-corrected chi connectivity index (χ1v) is 11.0. The zero-order valence-corrected chi connectivity index (χ0v) is 18.7. The Balaban J connectivity index is 1.58. The van der Waals surface area contributed by atoms with Gasteiger partial charge in [0.2, 0.25) is 5.91 Å². The van der Waals surface area contributed by atoms with Crippen LogP contribution >= 0.6 is 0 Å². The predicted molar refractivity (Wildman–Crippen MR) is 120 cm³/mol. The molecule has 8 heteroatoms. The summed E-state index contributed by atoms with van der Waals surface area (Å²) in [6.45, 7) is 4.78. The fourth-order valence-corrected chi connectivity index (χ4v) is 4.39. The number of hydrogen-bond acceptors (Lipinski definition) is 6. The van der Waals surface area contributed by atoms with Crippen LogP contribution in [0.3, 0.4) is 0 Å². The van der Waals surface area contributed by atoms with E-state index in [0.29, 0.717) is 22.8 Å². The van der Waals surface area contributed by atoms with Gasteiger partial charge in [-0.25, -0.2) is 9.50 Å². The average Bonchev–Trinajstić information content (AvgIpc) is 3.50. The minimum Gasteiger partial charge on any atom is -0.493 e. The zero-order valence-electron chi connectivity index (χ0n) is 18.7. The van der Waals surface area contributed by atoms with Crippen LogP contribution in [0.4, 0.5) is 0 Å². The first kappa shape index (κ1) is 20.6. The standard InChI is InChI=1S/C24H27N5O3/c1-16(30)17-5-4-6-18(15-17)19-7-8-20(32-3)21-25-22(26-29(19)21)24(9-10-24)23(31)28-13-11-27(2)12-14-28/h4-8,15H,9-14H2,1-3H3. The van der Waals surface area contributed by atoms with Gasteiger partial charge >= 0.3 is 0 Å². The van der Waals surface area contributed by atoms with E-state index in [-0.39, 0.29) is 11.7 Å². The van der Waals surface area contributed by atoms with Crippen LogP contribution in [0.1, 0.15) is 35.9 Å². The zero-order chi connectivity index (χ0) is 22.5. The fourth-order valence-electron chi connectivity index (χ4n) is 4.39. The number of Topliss-reactive ketones (excluding diaryl/α,β-unsaturated/α-hetero) is 1. The number of pyridine rings is 1. The molecule has 1 saturated carbocycles. The maximum Gasteiger partial charge on any atom is 0.236 e. The van der Waals surface area contributed by atoms with Gasteiger partial charge in [0.05, 0.1) is 12.8 Å². The highest BCUT2D eigenvalue weighted by Gasteiger charge is 2.56. The van der Waals surface area contributed by atoms with Gasteiger partial charge in [0.25, 0.3) is 0 Å². The molecule has 1 aliphatic carbocycles. The van der Waals surface area contributed by atoms with E-state index >= 15 is 0 Å². The molecule has 0 spiro atoms. The number of amides is 1. The lowest BCUT2D eigenvalue weighted by Gasteiger charge is -2.34. The lowest BCUT2D eigenvalue weighted by Crippen LogP contribution is -2.50. The van der Waals surface area contributed by atoms with E-state index < -0.39 is 5.41 Å².